The number of amides is 1. The molecule has 1 unspecified atom stereocenters. The van der Waals surface area contributed by atoms with Crippen LogP contribution in [0.25, 0.3) is 0 Å². The van der Waals surface area contributed by atoms with Crippen molar-refractivity contribution in [3.05, 3.63) is 18.2 Å². The first-order chi connectivity index (χ1) is 9.29. The molecule has 0 heterocycles. The maximum Gasteiger partial charge on any atom is 0.242 e. The zero-order chi connectivity index (χ0) is 14.9. The lowest BCUT2D eigenvalue weighted by atomic mass is 10.2. The summed E-state index contributed by atoms with van der Waals surface area (Å²) >= 11 is 0. The highest BCUT2D eigenvalue weighted by molar-refractivity contribution is 7.90. The number of para-hydroxylation sites is 1. The van der Waals surface area contributed by atoms with E-state index in [0.717, 1.165) is 19.1 Å². The molecule has 20 heavy (non-hydrogen) atoms. The van der Waals surface area contributed by atoms with Crippen LogP contribution in [0.3, 0.4) is 0 Å². The first-order valence-corrected chi connectivity index (χ1v) is 8.33. The monoisotopic (exact) mass is 297 g/mol. The van der Waals surface area contributed by atoms with E-state index < -0.39 is 15.9 Å². The minimum atomic E-state index is -3.39. The summed E-state index contributed by atoms with van der Waals surface area (Å²) in [5.74, 6) is -0.114. The minimum Gasteiger partial charge on any atom is -0.396 e. The predicted molar refractivity (Wildman–Crippen MR) is 78.2 cm³/mol. The number of carbonyl (C=O) groups is 1. The van der Waals surface area contributed by atoms with Crippen molar-refractivity contribution in [3.63, 3.8) is 0 Å². The average molecular weight is 297 g/mol. The van der Waals surface area contributed by atoms with Crippen LogP contribution < -0.4 is 16.4 Å². The number of carbonyl (C=O) groups excluding carboxylic acids is 1. The standard InChI is InChI=1S/C13H19N3O3S/c1-8(13(17)16-9-6-7-9)15-10-4-3-5-11(12(10)14)20(2,18)19/h3-5,8-9,15H,6-7,14H2,1-2H3,(H,16,17). The molecule has 1 atom stereocenters. The molecule has 110 valence electrons. The lowest BCUT2D eigenvalue weighted by molar-refractivity contribution is -0.121. The fraction of sp³-hybridized carbons (Fsp3) is 0.462. The molecule has 0 bridgehead atoms. The Hall–Kier alpha value is -1.76. The quantitative estimate of drug-likeness (QED) is 0.696. The van der Waals surface area contributed by atoms with E-state index in [9.17, 15) is 13.2 Å². The molecule has 1 aliphatic carbocycles. The number of nitrogen functional groups attached to an aromatic ring is 1. The third-order valence-corrected chi connectivity index (χ3v) is 4.31. The molecule has 0 spiro atoms. The summed E-state index contributed by atoms with van der Waals surface area (Å²) in [6.45, 7) is 1.71. The zero-order valence-electron chi connectivity index (χ0n) is 11.5. The molecule has 7 heteroatoms. The summed E-state index contributed by atoms with van der Waals surface area (Å²) in [4.78, 5) is 11.9. The molecule has 1 aromatic carbocycles. The number of hydrogen-bond acceptors (Lipinski definition) is 5. The summed E-state index contributed by atoms with van der Waals surface area (Å²) < 4.78 is 23.2. The fourth-order valence-corrected chi connectivity index (χ4v) is 2.68. The van der Waals surface area contributed by atoms with Gasteiger partial charge in [-0.1, -0.05) is 6.07 Å². The number of nitrogens with one attached hydrogen (secondary N) is 2. The highest BCUT2D eigenvalue weighted by Crippen LogP contribution is 2.27. The highest BCUT2D eigenvalue weighted by atomic mass is 32.2. The Labute approximate surface area is 118 Å². The largest absolute Gasteiger partial charge is 0.396 e. The van der Waals surface area contributed by atoms with E-state index in [-0.39, 0.29) is 22.5 Å². The van der Waals surface area contributed by atoms with Gasteiger partial charge in [-0.05, 0) is 31.9 Å². The third kappa shape index (κ3) is 3.41. The fourth-order valence-electron chi connectivity index (χ4n) is 1.85. The number of rotatable bonds is 5. The van der Waals surface area contributed by atoms with Crippen LogP contribution in [0.15, 0.2) is 23.1 Å². The summed E-state index contributed by atoms with van der Waals surface area (Å²) in [6, 6.07) is 4.51. The predicted octanol–water partition coefficient (Wildman–Crippen LogP) is 0.751. The van der Waals surface area contributed by atoms with Crippen molar-refractivity contribution < 1.29 is 13.2 Å². The van der Waals surface area contributed by atoms with Crippen LogP contribution in [0.2, 0.25) is 0 Å². The van der Waals surface area contributed by atoms with Crippen molar-refractivity contribution in [1.82, 2.24) is 5.32 Å². The van der Waals surface area contributed by atoms with E-state index in [2.05, 4.69) is 10.6 Å². The molecule has 0 saturated heterocycles. The van der Waals surface area contributed by atoms with Crippen molar-refractivity contribution in [2.45, 2.75) is 36.7 Å². The maximum atomic E-state index is 11.9. The van der Waals surface area contributed by atoms with Gasteiger partial charge < -0.3 is 16.4 Å². The summed E-state index contributed by atoms with van der Waals surface area (Å²) in [5.41, 5.74) is 6.45. The number of benzene rings is 1. The Balaban J connectivity index is 2.14. The summed E-state index contributed by atoms with van der Waals surface area (Å²) in [6.07, 6.45) is 3.14. The Kier molecular flexibility index (Phi) is 3.89. The van der Waals surface area contributed by atoms with Gasteiger partial charge in [-0.25, -0.2) is 8.42 Å². The normalized spacial score (nSPS) is 16.5. The van der Waals surface area contributed by atoms with Crippen LogP contribution in [0.4, 0.5) is 11.4 Å². The van der Waals surface area contributed by atoms with E-state index in [4.69, 9.17) is 5.73 Å². The lowest BCUT2D eigenvalue weighted by Crippen LogP contribution is -2.38. The van der Waals surface area contributed by atoms with Gasteiger partial charge in [-0.3, -0.25) is 4.79 Å². The van der Waals surface area contributed by atoms with Crippen molar-refractivity contribution >= 4 is 27.1 Å². The Morgan fingerprint density at radius 3 is 2.60 bits per heavy atom. The van der Waals surface area contributed by atoms with Crippen LogP contribution >= 0.6 is 0 Å². The van der Waals surface area contributed by atoms with Gasteiger partial charge in [0.15, 0.2) is 9.84 Å². The molecule has 1 fully saturated rings. The van der Waals surface area contributed by atoms with Gasteiger partial charge >= 0.3 is 0 Å². The van der Waals surface area contributed by atoms with E-state index in [1.165, 1.54) is 6.07 Å². The van der Waals surface area contributed by atoms with Crippen molar-refractivity contribution in [2.75, 3.05) is 17.3 Å². The molecule has 1 amide bonds. The maximum absolute atomic E-state index is 11.9. The molecule has 2 rings (SSSR count). The molecule has 0 aromatic heterocycles. The minimum absolute atomic E-state index is 0.0669. The second kappa shape index (κ2) is 5.32. The van der Waals surface area contributed by atoms with Gasteiger partial charge in [0.25, 0.3) is 0 Å². The SMILES string of the molecule is CC(Nc1cccc(S(C)(=O)=O)c1N)C(=O)NC1CC1. The molecule has 6 nitrogen and oxygen atoms in total. The average Bonchev–Trinajstić information content (AvgIpc) is 3.14. The van der Waals surface area contributed by atoms with Crippen LogP contribution in [0.1, 0.15) is 19.8 Å². The first kappa shape index (κ1) is 14.6. The third-order valence-electron chi connectivity index (χ3n) is 3.15. The Morgan fingerprint density at radius 2 is 2.05 bits per heavy atom. The van der Waals surface area contributed by atoms with Crippen LogP contribution in [0, 0.1) is 0 Å². The zero-order valence-corrected chi connectivity index (χ0v) is 12.3. The van der Waals surface area contributed by atoms with E-state index >= 15 is 0 Å². The molecule has 0 radical (unpaired) electrons. The lowest BCUT2D eigenvalue weighted by Gasteiger charge is -2.17. The van der Waals surface area contributed by atoms with Gasteiger partial charge in [0.2, 0.25) is 5.91 Å². The molecule has 1 saturated carbocycles. The smallest absolute Gasteiger partial charge is 0.242 e. The van der Waals surface area contributed by atoms with Gasteiger partial charge in [0, 0.05) is 12.3 Å². The molecule has 1 aromatic rings. The second-order valence-electron chi connectivity index (χ2n) is 5.14. The number of nitrogens with two attached hydrogens (primary N) is 1. The van der Waals surface area contributed by atoms with E-state index in [0.29, 0.717) is 5.69 Å². The van der Waals surface area contributed by atoms with Gasteiger partial charge in [0.05, 0.1) is 16.3 Å². The number of hydrogen-bond donors (Lipinski definition) is 3. The van der Waals surface area contributed by atoms with E-state index in [1.54, 1.807) is 19.1 Å². The molecule has 0 aliphatic heterocycles. The van der Waals surface area contributed by atoms with Gasteiger partial charge in [0.1, 0.15) is 6.04 Å². The highest BCUT2D eigenvalue weighted by Gasteiger charge is 2.26. The number of sulfone groups is 1. The number of anilines is 2. The van der Waals surface area contributed by atoms with Crippen molar-refractivity contribution in [1.29, 1.82) is 0 Å². The molecular formula is C13H19N3O3S. The summed E-state index contributed by atoms with van der Waals surface area (Å²) in [5, 5.41) is 5.83. The molecular weight excluding hydrogens is 278 g/mol. The topological polar surface area (TPSA) is 101 Å². The van der Waals surface area contributed by atoms with Crippen LogP contribution in [0.5, 0.6) is 0 Å². The van der Waals surface area contributed by atoms with Crippen molar-refractivity contribution in [2.24, 2.45) is 0 Å². The second-order valence-corrected chi connectivity index (χ2v) is 7.12. The van der Waals surface area contributed by atoms with Crippen molar-refractivity contribution in [3.8, 4) is 0 Å². The van der Waals surface area contributed by atoms with Gasteiger partial charge in [-0.2, -0.15) is 0 Å². The van der Waals surface area contributed by atoms with Crippen LogP contribution in [-0.2, 0) is 14.6 Å². The summed E-state index contributed by atoms with van der Waals surface area (Å²) in [7, 11) is -3.39. The van der Waals surface area contributed by atoms with Gasteiger partial charge in [-0.15, -0.1) is 0 Å². The molecule has 1 aliphatic rings. The first-order valence-electron chi connectivity index (χ1n) is 6.44. The van der Waals surface area contributed by atoms with Crippen LogP contribution in [-0.4, -0.2) is 32.7 Å². The Bertz CT molecular complexity index is 624. The van der Waals surface area contributed by atoms with E-state index in [1.807, 2.05) is 0 Å². The Morgan fingerprint density at radius 1 is 1.40 bits per heavy atom. The molecule has 4 N–H and O–H groups in total.